The normalized spacial score (nSPS) is 26.5. The lowest BCUT2D eigenvalue weighted by Crippen LogP contribution is -2.47. The summed E-state index contributed by atoms with van der Waals surface area (Å²) in [7, 11) is 0. The molecule has 2 unspecified atom stereocenters. The van der Waals surface area contributed by atoms with Gasteiger partial charge in [-0.05, 0) is 70.9 Å². The summed E-state index contributed by atoms with van der Waals surface area (Å²) in [6, 6.07) is 0. The fourth-order valence-electron chi connectivity index (χ4n) is 4.73. The third kappa shape index (κ3) is 8.06. The van der Waals surface area contributed by atoms with Gasteiger partial charge in [0.25, 0.3) is 0 Å². The number of rotatable bonds is 8. The summed E-state index contributed by atoms with van der Waals surface area (Å²) in [5.41, 5.74) is 0. The Bertz CT molecular complexity index is 467. The number of hydrogen-bond acceptors (Lipinski definition) is 4. The third-order valence-corrected chi connectivity index (χ3v) is 6.44. The monoisotopic (exact) mass is 408 g/mol. The highest BCUT2D eigenvalue weighted by Gasteiger charge is 2.24. The average Bonchev–Trinajstić information content (AvgIpc) is 2.77. The lowest BCUT2D eigenvalue weighted by molar-refractivity contribution is -0.0721. The maximum Gasteiger partial charge on any atom is 0.193 e. The second-order valence-electron chi connectivity index (χ2n) is 9.17. The maximum absolute atomic E-state index is 6.18. The molecule has 3 saturated heterocycles. The molecule has 0 amide bonds. The van der Waals surface area contributed by atoms with Crippen LogP contribution in [0.4, 0.5) is 0 Å². The van der Waals surface area contributed by atoms with E-state index in [0.717, 1.165) is 64.6 Å². The lowest BCUT2D eigenvalue weighted by Gasteiger charge is -2.35. The number of aliphatic imine (C=N–C) groups is 1. The molecule has 6 nitrogen and oxygen atoms in total. The third-order valence-electron chi connectivity index (χ3n) is 6.44. The first kappa shape index (κ1) is 22.8. The predicted molar refractivity (Wildman–Crippen MR) is 120 cm³/mol. The molecule has 1 N–H and O–H groups in total. The largest absolute Gasteiger partial charge is 0.376 e. The smallest absolute Gasteiger partial charge is 0.193 e. The molecule has 3 heterocycles. The van der Waals surface area contributed by atoms with Crippen LogP contribution < -0.4 is 5.32 Å². The van der Waals surface area contributed by atoms with Crippen molar-refractivity contribution in [2.75, 3.05) is 59.0 Å². The molecule has 0 aliphatic carbocycles. The van der Waals surface area contributed by atoms with Crippen molar-refractivity contribution in [3.8, 4) is 0 Å². The quantitative estimate of drug-likeness (QED) is 0.494. The summed E-state index contributed by atoms with van der Waals surface area (Å²) in [6.45, 7) is 13.8. The van der Waals surface area contributed by atoms with Crippen molar-refractivity contribution < 1.29 is 9.47 Å². The Labute approximate surface area is 178 Å². The van der Waals surface area contributed by atoms with E-state index in [0.29, 0.717) is 18.1 Å². The fourth-order valence-corrected chi connectivity index (χ4v) is 4.73. The van der Waals surface area contributed by atoms with Crippen LogP contribution in [0, 0.1) is 5.92 Å². The zero-order valence-electron chi connectivity index (χ0n) is 18.9. The van der Waals surface area contributed by atoms with Crippen LogP contribution >= 0.6 is 0 Å². The highest BCUT2D eigenvalue weighted by Crippen LogP contribution is 2.18. The molecule has 3 aliphatic heterocycles. The molecule has 29 heavy (non-hydrogen) atoms. The summed E-state index contributed by atoms with van der Waals surface area (Å²) in [6.07, 6.45) is 10.6. The molecule has 0 spiro atoms. The minimum absolute atomic E-state index is 0.321. The average molecular weight is 409 g/mol. The maximum atomic E-state index is 6.18. The summed E-state index contributed by atoms with van der Waals surface area (Å²) in [4.78, 5) is 10.0. The molecule has 168 valence electrons. The number of nitrogens with one attached hydrogen (secondary N) is 1. The van der Waals surface area contributed by atoms with E-state index in [-0.39, 0.29) is 0 Å². The molecule has 6 heteroatoms. The molecule has 2 atom stereocenters. The van der Waals surface area contributed by atoms with E-state index in [4.69, 9.17) is 14.5 Å². The number of hydrogen-bond donors (Lipinski definition) is 1. The van der Waals surface area contributed by atoms with Crippen molar-refractivity contribution in [1.82, 2.24) is 15.1 Å². The molecule has 0 aromatic carbocycles. The van der Waals surface area contributed by atoms with Gasteiger partial charge in [-0.1, -0.05) is 13.3 Å². The molecular formula is C23H44N4O2. The Hall–Kier alpha value is -0.850. The van der Waals surface area contributed by atoms with Crippen LogP contribution in [-0.2, 0) is 9.47 Å². The first-order valence-corrected chi connectivity index (χ1v) is 12.2. The molecule has 0 saturated carbocycles. The standard InChI is InChI=1S/C23H44N4O2/c1-3-24-23(25-17-20(2)18-26-12-6-4-7-13-26)27-14-10-21(11-15-27)29-19-22-9-5-8-16-28-22/h20-22H,3-19H2,1-2H3,(H,24,25). The molecule has 3 rings (SSSR count). The zero-order chi connectivity index (χ0) is 20.3. The van der Waals surface area contributed by atoms with Gasteiger partial charge in [0, 0.05) is 39.3 Å². The van der Waals surface area contributed by atoms with E-state index in [1.54, 1.807) is 0 Å². The number of nitrogens with zero attached hydrogens (tertiary/aromatic N) is 3. The Kier molecular flexibility index (Phi) is 10.0. The van der Waals surface area contributed by atoms with Crippen molar-refractivity contribution in [3.63, 3.8) is 0 Å². The lowest BCUT2D eigenvalue weighted by atomic mass is 10.1. The number of likely N-dealkylation sites (tertiary alicyclic amines) is 2. The number of ether oxygens (including phenoxy) is 2. The van der Waals surface area contributed by atoms with Gasteiger partial charge in [0.05, 0.1) is 18.8 Å². The Morgan fingerprint density at radius 1 is 1.07 bits per heavy atom. The summed E-state index contributed by atoms with van der Waals surface area (Å²) in [5.74, 6) is 1.70. The molecular weight excluding hydrogens is 364 g/mol. The first-order chi connectivity index (χ1) is 14.2. The van der Waals surface area contributed by atoms with E-state index < -0.39 is 0 Å². The first-order valence-electron chi connectivity index (χ1n) is 12.2. The van der Waals surface area contributed by atoms with Gasteiger partial charge in [-0.15, -0.1) is 0 Å². The van der Waals surface area contributed by atoms with Crippen LogP contribution in [0.1, 0.15) is 65.2 Å². The predicted octanol–water partition coefficient (Wildman–Crippen LogP) is 3.12. The second-order valence-corrected chi connectivity index (χ2v) is 9.17. The second kappa shape index (κ2) is 12.8. The highest BCUT2D eigenvalue weighted by atomic mass is 16.5. The molecule has 3 fully saturated rings. The van der Waals surface area contributed by atoms with Crippen molar-refractivity contribution in [2.45, 2.75) is 77.4 Å². The van der Waals surface area contributed by atoms with Gasteiger partial charge in [-0.2, -0.15) is 0 Å². The Balaban J connectivity index is 1.38. The van der Waals surface area contributed by atoms with E-state index >= 15 is 0 Å². The van der Waals surface area contributed by atoms with Gasteiger partial charge in [-0.25, -0.2) is 0 Å². The summed E-state index contributed by atoms with van der Waals surface area (Å²) in [5, 5.41) is 3.51. The van der Waals surface area contributed by atoms with Crippen LogP contribution in [-0.4, -0.2) is 87.0 Å². The number of guanidine groups is 1. The molecule has 0 aromatic heterocycles. The summed E-state index contributed by atoms with van der Waals surface area (Å²) < 4.78 is 12.0. The minimum Gasteiger partial charge on any atom is -0.376 e. The van der Waals surface area contributed by atoms with Crippen LogP contribution in [0.15, 0.2) is 4.99 Å². The van der Waals surface area contributed by atoms with Gasteiger partial charge in [0.1, 0.15) is 0 Å². The minimum atomic E-state index is 0.321. The van der Waals surface area contributed by atoms with E-state index in [9.17, 15) is 0 Å². The summed E-state index contributed by atoms with van der Waals surface area (Å²) >= 11 is 0. The van der Waals surface area contributed by atoms with Crippen LogP contribution in [0.2, 0.25) is 0 Å². The van der Waals surface area contributed by atoms with Crippen molar-refractivity contribution in [3.05, 3.63) is 0 Å². The van der Waals surface area contributed by atoms with E-state index in [1.807, 2.05) is 0 Å². The molecule has 0 radical (unpaired) electrons. The van der Waals surface area contributed by atoms with Gasteiger partial charge >= 0.3 is 0 Å². The topological polar surface area (TPSA) is 49.3 Å². The van der Waals surface area contributed by atoms with Crippen molar-refractivity contribution in [1.29, 1.82) is 0 Å². The van der Waals surface area contributed by atoms with Crippen molar-refractivity contribution >= 4 is 5.96 Å². The molecule has 0 bridgehead atoms. The Morgan fingerprint density at radius 2 is 1.86 bits per heavy atom. The van der Waals surface area contributed by atoms with E-state index in [2.05, 4.69) is 29.0 Å². The zero-order valence-corrected chi connectivity index (χ0v) is 18.9. The van der Waals surface area contributed by atoms with Crippen molar-refractivity contribution in [2.24, 2.45) is 10.9 Å². The van der Waals surface area contributed by atoms with Crippen LogP contribution in [0.3, 0.4) is 0 Å². The highest BCUT2D eigenvalue weighted by molar-refractivity contribution is 5.80. The van der Waals surface area contributed by atoms with Gasteiger partial charge in [0.2, 0.25) is 0 Å². The van der Waals surface area contributed by atoms with Gasteiger partial charge in [-0.3, -0.25) is 4.99 Å². The van der Waals surface area contributed by atoms with Crippen LogP contribution in [0.25, 0.3) is 0 Å². The molecule has 0 aromatic rings. The van der Waals surface area contributed by atoms with Gasteiger partial charge < -0.3 is 24.6 Å². The van der Waals surface area contributed by atoms with Crippen LogP contribution in [0.5, 0.6) is 0 Å². The van der Waals surface area contributed by atoms with E-state index in [1.165, 1.54) is 51.7 Å². The molecule has 3 aliphatic rings. The fraction of sp³-hybridized carbons (Fsp3) is 0.957. The number of piperidine rings is 2. The van der Waals surface area contributed by atoms with Gasteiger partial charge in [0.15, 0.2) is 5.96 Å². The Morgan fingerprint density at radius 3 is 2.55 bits per heavy atom. The SMILES string of the molecule is CCNC(=NCC(C)CN1CCCCC1)N1CCC(OCC2CCCCO2)CC1.